The lowest BCUT2D eigenvalue weighted by Crippen LogP contribution is -2.40. The molecule has 0 saturated heterocycles. The number of fused-ring (bicyclic) bond motifs is 1. The lowest BCUT2D eigenvalue weighted by molar-refractivity contribution is -0.150. The van der Waals surface area contributed by atoms with E-state index in [2.05, 4.69) is 15.3 Å². The number of carbonyl (C=O) groups excluding carboxylic acids is 1. The number of carbonyl (C=O) groups is 1. The summed E-state index contributed by atoms with van der Waals surface area (Å²) < 4.78 is 60.4. The summed E-state index contributed by atoms with van der Waals surface area (Å²) in [6.07, 6.45) is -3.03. The van der Waals surface area contributed by atoms with Crippen LogP contribution in [0.4, 0.5) is 17.6 Å². The molecule has 1 unspecified atom stereocenters. The zero-order valence-corrected chi connectivity index (χ0v) is 18.3. The van der Waals surface area contributed by atoms with Crippen LogP contribution in [0.5, 0.6) is 0 Å². The second-order valence-corrected chi connectivity index (χ2v) is 7.92. The summed E-state index contributed by atoms with van der Waals surface area (Å²) in [7, 11) is 0. The predicted octanol–water partition coefficient (Wildman–Crippen LogP) is 5.01. The van der Waals surface area contributed by atoms with E-state index in [1.54, 1.807) is 31.2 Å². The number of benzene rings is 2. The highest BCUT2D eigenvalue weighted by atomic mass is 19.4. The molecule has 0 bridgehead atoms. The van der Waals surface area contributed by atoms with Crippen molar-refractivity contribution in [3.8, 4) is 11.1 Å². The minimum Gasteiger partial charge on any atom is -0.465 e. The number of ether oxygens (including phenoxy) is 1. The number of halogens is 4. The smallest absolute Gasteiger partial charge is 0.416 e. The molecule has 0 amide bonds. The highest BCUT2D eigenvalue weighted by molar-refractivity contribution is 5.84. The molecule has 0 aliphatic heterocycles. The number of nitrogens with zero attached hydrogens (tertiary/aromatic N) is 4. The van der Waals surface area contributed by atoms with Crippen molar-refractivity contribution >= 4 is 11.6 Å². The van der Waals surface area contributed by atoms with Gasteiger partial charge in [-0.3, -0.25) is 4.79 Å². The highest BCUT2D eigenvalue weighted by Gasteiger charge is 2.43. The summed E-state index contributed by atoms with van der Waals surface area (Å²) in [4.78, 5) is 13.1. The monoisotopic (exact) mass is 472 g/mol. The van der Waals surface area contributed by atoms with E-state index in [-0.39, 0.29) is 24.4 Å². The zero-order valence-electron chi connectivity index (χ0n) is 18.3. The van der Waals surface area contributed by atoms with Crippen LogP contribution in [0.25, 0.3) is 16.8 Å². The maximum absolute atomic E-state index is 15.1. The van der Waals surface area contributed by atoms with Crippen molar-refractivity contribution in [1.29, 1.82) is 0 Å². The molecule has 1 atom stereocenters. The first-order chi connectivity index (χ1) is 16.1. The van der Waals surface area contributed by atoms with E-state index in [1.165, 1.54) is 25.3 Å². The molecule has 4 rings (SSSR count). The topological polar surface area (TPSA) is 69.4 Å². The lowest BCUT2D eigenvalue weighted by Gasteiger charge is -2.27. The van der Waals surface area contributed by atoms with Crippen molar-refractivity contribution in [2.75, 3.05) is 6.61 Å². The first-order valence-electron chi connectivity index (χ1n) is 10.4. The Bertz CT molecular complexity index is 1320. The van der Waals surface area contributed by atoms with Gasteiger partial charge in [0.1, 0.15) is 11.1 Å². The minimum atomic E-state index is -4.48. The molecule has 0 aliphatic carbocycles. The first-order valence-corrected chi connectivity index (χ1v) is 10.4. The van der Waals surface area contributed by atoms with Crippen LogP contribution < -0.4 is 0 Å². The van der Waals surface area contributed by atoms with E-state index in [9.17, 15) is 18.0 Å². The van der Waals surface area contributed by atoms with Gasteiger partial charge < -0.3 is 4.74 Å². The van der Waals surface area contributed by atoms with Gasteiger partial charge in [-0.1, -0.05) is 42.5 Å². The molecule has 2 heterocycles. The Morgan fingerprint density at radius 2 is 1.71 bits per heavy atom. The lowest BCUT2D eigenvalue weighted by atomic mass is 9.80. The fourth-order valence-corrected chi connectivity index (χ4v) is 3.88. The molecule has 0 N–H and O–H groups in total. The van der Waals surface area contributed by atoms with Crippen LogP contribution in [0.15, 0.2) is 60.8 Å². The number of alkyl halides is 3. The molecule has 0 spiro atoms. The first kappa shape index (κ1) is 23.3. The van der Waals surface area contributed by atoms with Gasteiger partial charge in [0.05, 0.1) is 18.4 Å². The Balaban J connectivity index is 1.86. The van der Waals surface area contributed by atoms with Crippen LogP contribution in [0.3, 0.4) is 0 Å². The van der Waals surface area contributed by atoms with E-state index in [0.29, 0.717) is 11.1 Å². The van der Waals surface area contributed by atoms with E-state index in [1.807, 2.05) is 6.07 Å². The molecule has 0 fully saturated rings. The zero-order chi connectivity index (χ0) is 24.5. The van der Waals surface area contributed by atoms with Crippen molar-refractivity contribution in [3.05, 3.63) is 83.6 Å². The molecule has 176 valence electrons. The fraction of sp³-hybridized carbons (Fsp3) is 0.250. The Kier molecular flexibility index (Phi) is 6.07. The van der Waals surface area contributed by atoms with Crippen molar-refractivity contribution in [1.82, 2.24) is 19.8 Å². The van der Waals surface area contributed by atoms with Crippen molar-refractivity contribution in [2.45, 2.75) is 31.9 Å². The molecular weight excluding hydrogens is 452 g/mol. The predicted molar refractivity (Wildman–Crippen MR) is 115 cm³/mol. The largest absolute Gasteiger partial charge is 0.465 e. The molecule has 4 aromatic rings. The quantitative estimate of drug-likeness (QED) is 0.291. The Morgan fingerprint density at radius 3 is 2.32 bits per heavy atom. The van der Waals surface area contributed by atoms with Crippen LogP contribution in [0, 0.1) is 5.95 Å². The summed E-state index contributed by atoms with van der Waals surface area (Å²) in [6.45, 7) is 3.27. The van der Waals surface area contributed by atoms with Gasteiger partial charge in [0, 0.05) is 5.56 Å². The van der Waals surface area contributed by atoms with Gasteiger partial charge in [-0.05, 0) is 43.5 Å². The van der Waals surface area contributed by atoms with Crippen LogP contribution in [-0.4, -0.2) is 32.4 Å². The highest BCUT2D eigenvalue weighted by Crippen LogP contribution is 2.35. The second-order valence-electron chi connectivity index (χ2n) is 7.92. The molecule has 10 heteroatoms. The Morgan fingerprint density at radius 1 is 1.03 bits per heavy atom. The minimum absolute atomic E-state index is 0.0857. The van der Waals surface area contributed by atoms with E-state index in [4.69, 9.17) is 4.74 Å². The number of rotatable bonds is 6. The normalized spacial score (nSPS) is 13.6. The molecule has 34 heavy (non-hydrogen) atoms. The van der Waals surface area contributed by atoms with Gasteiger partial charge in [-0.25, -0.2) is 4.52 Å². The van der Waals surface area contributed by atoms with Gasteiger partial charge in [-0.15, -0.1) is 10.2 Å². The van der Waals surface area contributed by atoms with E-state index >= 15 is 4.39 Å². The summed E-state index contributed by atoms with van der Waals surface area (Å²) in [5.74, 6) is -1.67. The van der Waals surface area contributed by atoms with Gasteiger partial charge in [0.25, 0.3) is 5.95 Å². The van der Waals surface area contributed by atoms with Crippen molar-refractivity contribution in [2.24, 2.45) is 0 Å². The maximum Gasteiger partial charge on any atom is 0.416 e. The fourth-order valence-electron chi connectivity index (χ4n) is 3.88. The summed E-state index contributed by atoms with van der Waals surface area (Å²) in [5, 5.41) is 11.7. The number of esters is 1. The van der Waals surface area contributed by atoms with Crippen molar-refractivity contribution in [3.63, 3.8) is 0 Å². The molecule has 0 saturated carbocycles. The molecular formula is C24H20F4N4O2. The van der Waals surface area contributed by atoms with Gasteiger partial charge in [0.15, 0.2) is 5.65 Å². The molecule has 0 aliphatic rings. The van der Waals surface area contributed by atoms with Crippen LogP contribution in [-0.2, 0) is 27.5 Å². The average Bonchev–Trinajstić information content (AvgIpc) is 3.23. The second kappa shape index (κ2) is 8.85. The number of aromatic nitrogens is 4. The standard InChI is InChI=1S/C24H20F4N4O2/c1-3-34-22(33)23(2,13-15-7-5-4-6-8-15)19-20(25)30-31-21-18(14-29-32(19)21)16-9-11-17(12-10-16)24(26,27)28/h4-12,14H,3,13H2,1-2H3. The van der Waals surface area contributed by atoms with Crippen LogP contribution in [0.2, 0.25) is 0 Å². The maximum atomic E-state index is 15.1. The van der Waals surface area contributed by atoms with E-state index < -0.39 is 29.1 Å². The summed E-state index contributed by atoms with van der Waals surface area (Å²) >= 11 is 0. The third-order valence-corrected chi connectivity index (χ3v) is 5.56. The van der Waals surface area contributed by atoms with Crippen molar-refractivity contribution < 1.29 is 27.1 Å². The summed E-state index contributed by atoms with van der Waals surface area (Å²) in [5.41, 5.74) is -0.887. The number of hydrogen-bond donors (Lipinski definition) is 0. The van der Waals surface area contributed by atoms with Gasteiger partial charge >= 0.3 is 12.1 Å². The third-order valence-electron chi connectivity index (χ3n) is 5.56. The van der Waals surface area contributed by atoms with Crippen LogP contribution >= 0.6 is 0 Å². The molecule has 0 radical (unpaired) electrons. The molecule has 2 aromatic carbocycles. The van der Waals surface area contributed by atoms with Gasteiger partial charge in [0.2, 0.25) is 0 Å². The van der Waals surface area contributed by atoms with E-state index in [0.717, 1.165) is 22.2 Å². The van der Waals surface area contributed by atoms with Crippen LogP contribution in [0.1, 0.15) is 30.7 Å². The number of hydrogen-bond acceptors (Lipinski definition) is 5. The summed E-state index contributed by atoms with van der Waals surface area (Å²) in [6, 6.07) is 13.5. The molecule has 2 aromatic heterocycles. The SMILES string of the molecule is CCOC(=O)C(C)(Cc1ccccc1)c1c(F)nnc2c(-c3ccc(C(F)(F)F)cc3)cnn12. The Hall–Kier alpha value is -3.82. The average molecular weight is 472 g/mol. The third kappa shape index (κ3) is 4.23. The molecule has 6 nitrogen and oxygen atoms in total. The van der Waals surface area contributed by atoms with Gasteiger partial charge in [-0.2, -0.15) is 22.7 Å². The Labute approximate surface area is 192 Å².